The molecule has 0 aromatic rings. The largest absolute Gasteiger partial charge is 0.467 e. The van der Waals surface area contributed by atoms with E-state index >= 15 is 0 Å². The topological polar surface area (TPSA) is 83.0 Å². The molecule has 0 radical (unpaired) electrons. The molecule has 1 amide bonds. The van der Waals surface area contributed by atoms with Crippen LogP contribution in [0.25, 0.3) is 0 Å². The van der Waals surface area contributed by atoms with Gasteiger partial charge in [-0.25, -0.2) is 4.79 Å². The quantitative estimate of drug-likeness (QED) is 0.444. The van der Waals surface area contributed by atoms with Crippen molar-refractivity contribution < 1.29 is 20.1 Å². The van der Waals surface area contributed by atoms with E-state index in [0.29, 0.717) is 6.42 Å². The van der Waals surface area contributed by atoms with Crippen LogP contribution in [0.1, 0.15) is 32.6 Å². The van der Waals surface area contributed by atoms with E-state index in [1.165, 1.54) is 14.0 Å². The molecule has 5 heteroatoms. The van der Waals surface area contributed by atoms with E-state index in [0.717, 1.165) is 25.8 Å². The number of amides is 1. The van der Waals surface area contributed by atoms with Crippen molar-refractivity contribution in [2.24, 2.45) is 0 Å². The van der Waals surface area contributed by atoms with Gasteiger partial charge in [0.25, 0.3) is 0 Å². The average molecular weight is 217 g/mol. The van der Waals surface area contributed by atoms with Gasteiger partial charge in [-0.1, -0.05) is 6.42 Å². The third-order valence-electron chi connectivity index (χ3n) is 2.11. The zero-order valence-corrected chi connectivity index (χ0v) is 9.54. The molecule has 0 aliphatic heterocycles. The molecule has 0 aromatic heterocycles. The van der Waals surface area contributed by atoms with Gasteiger partial charge in [-0.05, 0) is 19.3 Å². The standard InChI is InChI=1S/C10H20N2O3/c1-8(13)12-9(10(14)15-2)6-4-3-5-7-11/h9H,3-7,11H2,1-2H3,(H,12,13)/p+1. The predicted molar refractivity (Wildman–Crippen MR) is 55.8 cm³/mol. The van der Waals surface area contributed by atoms with Crippen LogP contribution in [-0.4, -0.2) is 31.6 Å². The average Bonchev–Trinajstić information content (AvgIpc) is 2.21. The second kappa shape index (κ2) is 8.23. The zero-order valence-electron chi connectivity index (χ0n) is 9.54. The summed E-state index contributed by atoms with van der Waals surface area (Å²) in [6.45, 7) is 2.30. The fourth-order valence-electron chi connectivity index (χ4n) is 1.34. The summed E-state index contributed by atoms with van der Waals surface area (Å²) in [5.41, 5.74) is 3.74. The smallest absolute Gasteiger partial charge is 0.328 e. The van der Waals surface area contributed by atoms with Crippen LogP contribution in [0.4, 0.5) is 0 Å². The number of quaternary nitrogens is 1. The van der Waals surface area contributed by atoms with Gasteiger partial charge >= 0.3 is 5.97 Å². The third-order valence-corrected chi connectivity index (χ3v) is 2.11. The Hall–Kier alpha value is -1.10. The Bertz CT molecular complexity index is 207. The van der Waals surface area contributed by atoms with E-state index in [-0.39, 0.29) is 11.9 Å². The van der Waals surface area contributed by atoms with Crippen LogP contribution in [0.5, 0.6) is 0 Å². The number of rotatable bonds is 7. The van der Waals surface area contributed by atoms with E-state index in [2.05, 4.69) is 15.8 Å². The van der Waals surface area contributed by atoms with Crippen LogP contribution in [-0.2, 0) is 14.3 Å². The highest BCUT2D eigenvalue weighted by Crippen LogP contribution is 2.04. The molecule has 0 aliphatic rings. The summed E-state index contributed by atoms with van der Waals surface area (Å²) in [7, 11) is 1.33. The number of nitrogens with one attached hydrogen (secondary N) is 1. The van der Waals surface area contributed by atoms with Crippen molar-refractivity contribution in [2.45, 2.75) is 38.6 Å². The number of carbonyl (C=O) groups excluding carboxylic acids is 2. The first-order valence-electron chi connectivity index (χ1n) is 5.26. The molecule has 0 saturated heterocycles. The van der Waals surface area contributed by atoms with Gasteiger partial charge < -0.3 is 15.8 Å². The van der Waals surface area contributed by atoms with Gasteiger partial charge in [-0.3, -0.25) is 4.79 Å². The van der Waals surface area contributed by atoms with E-state index in [9.17, 15) is 9.59 Å². The Kier molecular flexibility index (Phi) is 7.62. The molecule has 1 atom stereocenters. The van der Waals surface area contributed by atoms with Gasteiger partial charge in [-0.15, -0.1) is 0 Å². The Labute approximate surface area is 90.4 Å². The first-order chi connectivity index (χ1) is 7.11. The molecule has 0 aromatic carbocycles. The summed E-state index contributed by atoms with van der Waals surface area (Å²) >= 11 is 0. The molecule has 0 fully saturated rings. The fourth-order valence-corrected chi connectivity index (χ4v) is 1.34. The van der Waals surface area contributed by atoms with Crippen molar-refractivity contribution in [3.63, 3.8) is 0 Å². The number of unbranched alkanes of at least 4 members (excludes halogenated alkanes) is 2. The second-order valence-corrected chi connectivity index (χ2v) is 3.48. The summed E-state index contributed by atoms with van der Waals surface area (Å²) in [4.78, 5) is 22.1. The first-order valence-corrected chi connectivity index (χ1v) is 5.26. The van der Waals surface area contributed by atoms with Crippen LogP contribution in [0.2, 0.25) is 0 Å². The van der Waals surface area contributed by atoms with Gasteiger partial charge in [0.15, 0.2) is 0 Å². The van der Waals surface area contributed by atoms with Gasteiger partial charge in [-0.2, -0.15) is 0 Å². The summed E-state index contributed by atoms with van der Waals surface area (Å²) in [5, 5.41) is 2.58. The van der Waals surface area contributed by atoms with E-state index in [4.69, 9.17) is 0 Å². The highest BCUT2D eigenvalue weighted by molar-refractivity contribution is 5.83. The number of esters is 1. The van der Waals surface area contributed by atoms with Crippen LogP contribution in [0.15, 0.2) is 0 Å². The molecule has 1 unspecified atom stereocenters. The lowest BCUT2D eigenvalue weighted by Crippen LogP contribution is -2.50. The summed E-state index contributed by atoms with van der Waals surface area (Å²) in [5.74, 6) is -0.581. The normalized spacial score (nSPS) is 11.9. The van der Waals surface area contributed by atoms with Crippen molar-refractivity contribution >= 4 is 11.9 Å². The van der Waals surface area contributed by atoms with Crippen molar-refractivity contribution in [3.8, 4) is 0 Å². The molecule has 0 heterocycles. The van der Waals surface area contributed by atoms with E-state index in [1.54, 1.807) is 0 Å². The summed E-state index contributed by atoms with van der Waals surface area (Å²) < 4.78 is 4.60. The third kappa shape index (κ3) is 6.90. The van der Waals surface area contributed by atoms with Crippen LogP contribution in [0.3, 0.4) is 0 Å². The number of hydrogen-bond acceptors (Lipinski definition) is 3. The predicted octanol–water partition coefficient (Wildman–Crippen LogP) is -0.534. The van der Waals surface area contributed by atoms with Gasteiger partial charge in [0.2, 0.25) is 5.91 Å². The van der Waals surface area contributed by atoms with Crippen molar-refractivity contribution in [1.29, 1.82) is 0 Å². The number of hydrogen-bond donors (Lipinski definition) is 2. The minimum Gasteiger partial charge on any atom is -0.467 e. The van der Waals surface area contributed by atoms with Gasteiger partial charge in [0.1, 0.15) is 6.04 Å². The number of carbonyl (C=O) groups is 2. The zero-order chi connectivity index (χ0) is 11.7. The Balaban J connectivity index is 3.90. The summed E-state index contributed by atoms with van der Waals surface area (Å²) in [6, 6.07) is -0.502. The van der Waals surface area contributed by atoms with Crippen molar-refractivity contribution in [1.82, 2.24) is 5.32 Å². The highest BCUT2D eigenvalue weighted by Gasteiger charge is 2.18. The van der Waals surface area contributed by atoms with Crippen molar-refractivity contribution in [2.75, 3.05) is 13.7 Å². The van der Waals surface area contributed by atoms with Gasteiger partial charge in [0, 0.05) is 6.92 Å². The lowest BCUT2D eigenvalue weighted by Gasteiger charge is -2.14. The molecule has 0 spiro atoms. The monoisotopic (exact) mass is 217 g/mol. The Morgan fingerprint density at radius 3 is 2.47 bits per heavy atom. The van der Waals surface area contributed by atoms with Crippen LogP contribution < -0.4 is 11.1 Å². The maximum absolute atomic E-state index is 11.3. The lowest BCUT2D eigenvalue weighted by molar-refractivity contribution is -0.368. The number of ether oxygens (including phenoxy) is 1. The maximum atomic E-state index is 11.3. The molecule has 88 valence electrons. The SMILES string of the molecule is COC(=O)C(CCCCC[NH3+])NC(C)=O. The second-order valence-electron chi connectivity index (χ2n) is 3.48. The molecular weight excluding hydrogens is 196 g/mol. The molecule has 15 heavy (non-hydrogen) atoms. The Morgan fingerprint density at radius 2 is 2.00 bits per heavy atom. The minimum atomic E-state index is -0.502. The summed E-state index contributed by atoms with van der Waals surface area (Å²) in [6.07, 6.45) is 3.60. The number of methoxy groups -OCH3 is 1. The molecule has 0 rings (SSSR count). The van der Waals surface area contributed by atoms with Gasteiger partial charge in [0.05, 0.1) is 13.7 Å². The molecular formula is C10H21N2O3+. The minimum absolute atomic E-state index is 0.206. The maximum Gasteiger partial charge on any atom is 0.328 e. The van der Waals surface area contributed by atoms with E-state index in [1.807, 2.05) is 0 Å². The molecule has 0 aliphatic carbocycles. The molecule has 4 N–H and O–H groups in total. The Morgan fingerprint density at radius 1 is 1.33 bits per heavy atom. The first kappa shape index (κ1) is 13.9. The molecule has 5 nitrogen and oxygen atoms in total. The van der Waals surface area contributed by atoms with Crippen LogP contribution >= 0.6 is 0 Å². The highest BCUT2D eigenvalue weighted by atomic mass is 16.5. The molecule has 0 bridgehead atoms. The fraction of sp³-hybridized carbons (Fsp3) is 0.800. The van der Waals surface area contributed by atoms with Crippen molar-refractivity contribution in [3.05, 3.63) is 0 Å². The lowest BCUT2D eigenvalue weighted by atomic mass is 10.1. The van der Waals surface area contributed by atoms with E-state index < -0.39 is 6.04 Å². The van der Waals surface area contributed by atoms with Crippen LogP contribution in [0, 0.1) is 0 Å². The molecule has 0 saturated carbocycles.